The van der Waals surface area contributed by atoms with Gasteiger partial charge in [-0.25, -0.2) is 0 Å². The van der Waals surface area contributed by atoms with Crippen molar-refractivity contribution in [2.24, 2.45) is 0 Å². The fraction of sp³-hybridized carbons (Fsp3) is 0.250. The molecule has 2 heterocycles. The van der Waals surface area contributed by atoms with Gasteiger partial charge in [-0.05, 0) is 48.7 Å². The maximum atomic E-state index is 12.9. The van der Waals surface area contributed by atoms with Gasteiger partial charge < -0.3 is 15.0 Å². The highest BCUT2D eigenvalue weighted by Crippen LogP contribution is 2.37. The molecule has 0 aliphatic carbocycles. The highest BCUT2D eigenvalue weighted by atomic mass is 32.1. The summed E-state index contributed by atoms with van der Waals surface area (Å²) in [5.74, 6) is 0.851. The number of nitriles is 1. The van der Waals surface area contributed by atoms with Crippen molar-refractivity contribution < 1.29 is 9.53 Å². The highest BCUT2D eigenvalue weighted by Gasteiger charge is 2.27. The van der Waals surface area contributed by atoms with E-state index in [2.05, 4.69) is 11.4 Å². The van der Waals surface area contributed by atoms with Gasteiger partial charge in [0.05, 0.1) is 19.2 Å². The predicted molar refractivity (Wildman–Crippen MR) is 119 cm³/mol. The van der Waals surface area contributed by atoms with Gasteiger partial charge in [0.15, 0.2) is 0 Å². The topological polar surface area (TPSA) is 65.4 Å². The summed E-state index contributed by atoms with van der Waals surface area (Å²) in [6.45, 7) is 3.79. The molecule has 4 rings (SSSR count). The first-order valence-electron chi connectivity index (χ1n) is 9.86. The summed E-state index contributed by atoms with van der Waals surface area (Å²) in [5.41, 5.74) is 4.71. The third-order valence-electron chi connectivity index (χ3n) is 5.34. The number of nitrogens with one attached hydrogen (secondary N) is 1. The zero-order valence-electron chi connectivity index (χ0n) is 17.1. The van der Waals surface area contributed by atoms with Crippen LogP contribution >= 0.6 is 11.3 Å². The molecule has 1 aliphatic heterocycles. The number of hydrogen-bond acceptors (Lipinski definition) is 5. The fourth-order valence-corrected chi connectivity index (χ4v) is 4.87. The Bertz CT molecular complexity index is 1110. The summed E-state index contributed by atoms with van der Waals surface area (Å²) in [6.07, 6.45) is 0.702. The summed E-state index contributed by atoms with van der Waals surface area (Å²) in [6, 6.07) is 17.9. The van der Waals surface area contributed by atoms with E-state index in [1.54, 1.807) is 18.4 Å². The van der Waals surface area contributed by atoms with Crippen molar-refractivity contribution in [1.82, 2.24) is 4.90 Å². The number of benzene rings is 2. The number of anilines is 1. The van der Waals surface area contributed by atoms with Crippen LogP contribution in [0.3, 0.4) is 0 Å². The van der Waals surface area contributed by atoms with Gasteiger partial charge >= 0.3 is 0 Å². The number of thiophene rings is 1. The molecular formula is C24H23N3O2S. The Labute approximate surface area is 180 Å². The van der Waals surface area contributed by atoms with Crippen LogP contribution in [-0.4, -0.2) is 24.5 Å². The van der Waals surface area contributed by atoms with Gasteiger partial charge in [-0.15, -0.1) is 11.3 Å². The van der Waals surface area contributed by atoms with E-state index >= 15 is 0 Å². The molecule has 0 radical (unpaired) electrons. The standard InChI is InChI=1S/C24H23N3O2S/c1-16-6-8-18(9-7-16)24(28)27-11-10-20-21(13-25)23(30-22(20)15-27)26-14-17-4-3-5-19(12-17)29-2/h3-9,12,26H,10-11,14-15H2,1-2H3. The van der Waals surface area contributed by atoms with Crippen LogP contribution in [0.1, 0.15) is 37.5 Å². The molecule has 0 spiro atoms. The van der Waals surface area contributed by atoms with Gasteiger partial charge in [-0.2, -0.15) is 5.26 Å². The van der Waals surface area contributed by atoms with Crippen LogP contribution < -0.4 is 10.1 Å². The van der Waals surface area contributed by atoms with Crippen LogP contribution in [-0.2, 0) is 19.5 Å². The van der Waals surface area contributed by atoms with Crippen LogP contribution in [0.2, 0.25) is 0 Å². The van der Waals surface area contributed by atoms with Crippen molar-refractivity contribution in [2.45, 2.75) is 26.4 Å². The largest absolute Gasteiger partial charge is 0.497 e. The van der Waals surface area contributed by atoms with E-state index in [0.29, 0.717) is 37.2 Å². The molecule has 0 unspecified atom stereocenters. The molecule has 1 aliphatic rings. The van der Waals surface area contributed by atoms with E-state index < -0.39 is 0 Å². The summed E-state index contributed by atoms with van der Waals surface area (Å²) < 4.78 is 5.28. The second-order valence-electron chi connectivity index (χ2n) is 7.37. The molecule has 1 aromatic heterocycles. The normalized spacial score (nSPS) is 12.8. The smallest absolute Gasteiger partial charge is 0.254 e. The van der Waals surface area contributed by atoms with Crippen LogP contribution in [0.25, 0.3) is 0 Å². The minimum absolute atomic E-state index is 0.0402. The second kappa shape index (κ2) is 8.60. The van der Waals surface area contributed by atoms with Crippen LogP contribution in [0.4, 0.5) is 5.00 Å². The maximum Gasteiger partial charge on any atom is 0.254 e. The first kappa shape index (κ1) is 20.0. The third-order valence-corrected chi connectivity index (χ3v) is 6.52. The lowest BCUT2D eigenvalue weighted by Gasteiger charge is -2.27. The second-order valence-corrected chi connectivity index (χ2v) is 8.47. The average Bonchev–Trinajstić information content (AvgIpc) is 3.14. The Morgan fingerprint density at radius 3 is 2.80 bits per heavy atom. The number of fused-ring (bicyclic) bond motifs is 1. The zero-order chi connectivity index (χ0) is 21.1. The van der Waals surface area contributed by atoms with E-state index in [0.717, 1.165) is 32.3 Å². The van der Waals surface area contributed by atoms with Gasteiger partial charge in [0.25, 0.3) is 5.91 Å². The van der Waals surface area contributed by atoms with Gasteiger partial charge in [0, 0.05) is 23.5 Å². The molecule has 3 aromatic rings. The SMILES string of the molecule is COc1cccc(CNc2sc3c(c2C#N)CCN(C(=O)c2ccc(C)cc2)C3)c1. The summed E-state index contributed by atoms with van der Waals surface area (Å²) in [5, 5.41) is 14.0. The molecular weight excluding hydrogens is 394 g/mol. The molecule has 0 bridgehead atoms. The van der Waals surface area contributed by atoms with Crippen LogP contribution in [0, 0.1) is 18.3 Å². The Kier molecular flexibility index (Phi) is 5.73. The Hall–Kier alpha value is -3.30. The highest BCUT2D eigenvalue weighted by molar-refractivity contribution is 7.16. The van der Waals surface area contributed by atoms with Crippen LogP contribution in [0.15, 0.2) is 48.5 Å². The van der Waals surface area contributed by atoms with Crippen molar-refractivity contribution in [2.75, 3.05) is 19.0 Å². The van der Waals surface area contributed by atoms with Gasteiger partial charge in [0.1, 0.15) is 16.8 Å². The Balaban J connectivity index is 1.51. The molecule has 2 aromatic carbocycles. The molecule has 30 heavy (non-hydrogen) atoms. The summed E-state index contributed by atoms with van der Waals surface area (Å²) in [4.78, 5) is 15.9. The summed E-state index contributed by atoms with van der Waals surface area (Å²) >= 11 is 1.58. The van der Waals surface area contributed by atoms with Gasteiger partial charge in [-0.1, -0.05) is 29.8 Å². The lowest BCUT2D eigenvalue weighted by atomic mass is 10.0. The number of nitrogens with zero attached hydrogens (tertiary/aromatic N) is 2. The van der Waals surface area contributed by atoms with E-state index in [4.69, 9.17) is 4.74 Å². The number of hydrogen-bond donors (Lipinski definition) is 1. The first-order valence-corrected chi connectivity index (χ1v) is 10.7. The van der Waals surface area contributed by atoms with Crippen molar-refractivity contribution in [3.8, 4) is 11.8 Å². The van der Waals surface area contributed by atoms with Gasteiger partial charge in [0.2, 0.25) is 0 Å². The molecule has 0 saturated heterocycles. The molecule has 0 atom stereocenters. The Morgan fingerprint density at radius 1 is 1.27 bits per heavy atom. The maximum absolute atomic E-state index is 12.9. The Morgan fingerprint density at radius 2 is 2.07 bits per heavy atom. The van der Waals surface area contributed by atoms with Crippen molar-refractivity contribution in [3.05, 3.63) is 81.2 Å². The fourth-order valence-electron chi connectivity index (χ4n) is 3.66. The first-order chi connectivity index (χ1) is 14.6. The third kappa shape index (κ3) is 4.03. The number of carbonyl (C=O) groups is 1. The molecule has 152 valence electrons. The molecule has 1 N–H and O–H groups in total. The number of rotatable bonds is 5. The van der Waals surface area contributed by atoms with E-state index in [1.165, 1.54) is 0 Å². The number of ether oxygens (including phenoxy) is 1. The monoisotopic (exact) mass is 417 g/mol. The lowest BCUT2D eigenvalue weighted by Crippen LogP contribution is -2.35. The molecule has 0 saturated carbocycles. The minimum atomic E-state index is 0.0402. The zero-order valence-corrected chi connectivity index (χ0v) is 17.9. The summed E-state index contributed by atoms with van der Waals surface area (Å²) in [7, 11) is 1.65. The van der Waals surface area contributed by atoms with Crippen molar-refractivity contribution in [3.63, 3.8) is 0 Å². The molecule has 0 fully saturated rings. The predicted octanol–water partition coefficient (Wildman–Crippen LogP) is 4.75. The molecule has 6 heteroatoms. The number of methoxy groups -OCH3 is 1. The lowest BCUT2D eigenvalue weighted by molar-refractivity contribution is 0.0737. The minimum Gasteiger partial charge on any atom is -0.497 e. The quantitative estimate of drug-likeness (QED) is 0.651. The van der Waals surface area contributed by atoms with Gasteiger partial charge in [-0.3, -0.25) is 4.79 Å². The van der Waals surface area contributed by atoms with Crippen molar-refractivity contribution >= 4 is 22.2 Å². The number of carbonyl (C=O) groups excluding carboxylic acids is 1. The number of aryl methyl sites for hydroxylation is 1. The molecule has 1 amide bonds. The van der Waals surface area contributed by atoms with Crippen LogP contribution in [0.5, 0.6) is 5.75 Å². The van der Waals surface area contributed by atoms with E-state index in [1.807, 2.05) is 60.4 Å². The molecule has 5 nitrogen and oxygen atoms in total. The number of amides is 1. The van der Waals surface area contributed by atoms with Crippen molar-refractivity contribution in [1.29, 1.82) is 5.26 Å². The average molecular weight is 418 g/mol. The van der Waals surface area contributed by atoms with E-state index in [-0.39, 0.29) is 5.91 Å². The van der Waals surface area contributed by atoms with E-state index in [9.17, 15) is 10.1 Å².